The number of aromatic amines is 1. The number of aromatic nitrogens is 2. The number of H-pyrrole nitrogens is 1. The minimum Gasteiger partial charge on any atom is -0.326 e. The first-order valence-electron chi connectivity index (χ1n) is 7.74. The van der Waals surface area contributed by atoms with Crippen LogP contribution >= 0.6 is 11.8 Å². The van der Waals surface area contributed by atoms with Crippen LogP contribution in [0.2, 0.25) is 0 Å². The van der Waals surface area contributed by atoms with Crippen molar-refractivity contribution in [2.75, 3.05) is 16.9 Å². The fraction of sp³-hybridized carbons (Fsp3) is 0.294. The number of carbonyl (C=O) groups excluding carboxylic acids is 2. The Kier molecular flexibility index (Phi) is 6.35. The fourth-order valence-corrected chi connectivity index (χ4v) is 2.71. The molecule has 0 aliphatic heterocycles. The molecule has 0 atom stereocenters. The highest BCUT2D eigenvalue weighted by Gasteiger charge is 2.13. The minimum absolute atomic E-state index is 0.0554. The third-order valence-electron chi connectivity index (χ3n) is 3.36. The third kappa shape index (κ3) is 5.18. The summed E-state index contributed by atoms with van der Waals surface area (Å²) in [6, 6.07) is 6.47. The maximum atomic E-state index is 12.5. The van der Waals surface area contributed by atoms with E-state index in [1.165, 1.54) is 24.8 Å². The summed E-state index contributed by atoms with van der Waals surface area (Å²) >= 11 is 1.50. The molecule has 0 aliphatic rings. The molecule has 0 radical (unpaired) electrons. The summed E-state index contributed by atoms with van der Waals surface area (Å²) in [6.45, 7) is 3.38. The molecule has 0 saturated heterocycles. The molecule has 1 aromatic carbocycles. The van der Waals surface area contributed by atoms with Crippen molar-refractivity contribution in [3.05, 3.63) is 51.7 Å². The summed E-state index contributed by atoms with van der Waals surface area (Å²) in [5, 5.41) is 5.46. The maximum Gasteiger partial charge on any atom is 0.274 e. The summed E-state index contributed by atoms with van der Waals surface area (Å²) in [6.07, 6.45) is 2.59. The Bertz CT molecular complexity index is 848. The lowest BCUT2D eigenvalue weighted by Gasteiger charge is -2.12. The predicted octanol–water partition coefficient (Wildman–Crippen LogP) is 2.41. The molecule has 8 heteroatoms. The quantitative estimate of drug-likeness (QED) is 0.734. The molecule has 1 aromatic heterocycles. The number of aryl methyl sites for hydroxylation is 1. The van der Waals surface area contributed by atoms with Crippen LogP contribution in [0.4, 0.5) is 11.4 Å². The number of hydrogen-bond donors (Lipinski definition) is 3. The van der Waals surface area contributed by atoms with Crippen molar-refractivity contribution in [1.82, 2.24) is 9.97 Å². The number of thioether (sulfide) groups is 1. The molecule has 25 heavy (non-hydrogen) atoms. The van der Waals surface area contributed by atoms with Gasteiger partial charge in [-0.2, -0.15) is 11.8 Å². The number of hydrogen-bond acceptors (Lipinski definition) is 5. The van der Waals surface area contributed by atoms with Crippen LogP contribution in [0.25, 0.3) is 0 Å². The zero-order valence-corrected chi connectivity index (χ0v) is 15.1. The second-order valence-electron chi connectivity index (χ2n) is 5.37. The van der Waals surface area contributed by atoms with Gasteiger partial charge < -0.3 is 15.6 Å². The van der Waals surface area contributed by atoms with Gasteiger partial charge in [0.2, 0.25) is 5.91 Å². The molecule has 0 aliphatic carbocycles. The predicted molar refractivity (Wildman–Crippen MR) is 100 cm³/mol. The molecular formula is C17H20N4O3S. The molecule has 2 aromatic rings. The lowest BCUT2D eigenvalue weighted by molar-refractivity contribution is -0.114. The van der Waals surface area contributed by atoms with Crippen molar-refractivity contribution in [2.24, 2.45) is 0 Å². The van der Waals surface area contributed by atoms with Gasteiger partial charge in [-0.05, 0) is 30.4 Å². The standard InChI is InChI=1S/C17H20N4O3S/c1-4-11-5-6-12(18-10(2)22)7-13(11)20-17(24)14-8-16(23)21-15(19-14)9-25-3/h5-8H,4,9H2,1-3H3,(H,18,22)(H,20,24)(H,19,21,23). The molecular weight excluding hydrogens is 340 g/mol. The molecule has 7 nitrogen and oxygen atoms in total. The highest BCUT2D eigenvalue weighted by Crippen LogP contribution is 2.22. The van der Waals surface area contributed by atoms with Crippen molar-refractivity contribution >= 4 is 35.0 Å². The van der Waals surface area contributed by atoms with Crippen LogP contribution in [0.1, 0.15) is 35.7 Å². The smallest absolute Gasteiger partial charge is 0.274 e. The van der Waals surface area contributed by atoms with Crippen molar-refractivity contribution < 1.29 is 9.59 Å². The Morgan fingerprint density at radius 2 is 2.00 bits per heavy atom. The van der Waals surface area contributed by atoms with Crippen molar-refractivity contribution in [3.63, 3.8) is 0 Å². The molecule has 2 rings (SSSR count). The third-order valence-corrected chi connectivity index (χ3v) is 3.93. The van der Waals surface area contributed by atoms with Gasteiger partial charge >= 0.3 is 0 Å². The molecule has 0 saturated carbocycles. The van der Waals surface area contributed by atoms with Gasteiger partial charge in [-0.25, -0.2) is 4.98 Å². The molecule has 132 valence electrons. The lowest BCUT2D eigenvalue weighted by Crippen LogP contribution is -2.20. The number of carbonyl (C=O) groups is 2. The number of nitrogens with one attached hydrogen (secondary N) is 3. The lowest BCUT2D eigenvalue weighted by atomic mass is 10.1. The van der Waals surface area contributed by atoms with Gasteiger partial charge in [0.1, 0.15) is 11.5 Å². The van der Waals surface area contributed by atoms with Gasteiger partial charge in [-0.1, -0.05) is 13.0 Å². The first-order valence-corrected chi connectivity index (χ1v) is 9.13. The van der Waals surface area contributed by atoms with E-state index in [1.54, 1.807) is 12.1 Å². The molecule has 0 spiro atoms. The summed E-state index contributed by atoms with van der Waals surface area (Å²) in [5.74, 6) is 0.296. The van der Waals surface area contributed by atoms with Crippen LogP contribution in [0, 0.1) is 0 Å². The van der Waals surface area contributed by atoms with E-state index < -0.39 is 5.91 Å². The highest BCUT2D eigenvalue weighted by molar-refractivity contribution is 7.97. The van der Waals surface area contributed by atoms with Crippen molar-refractivity contribution in [3.8, 4) is 0 Å². The second-order valence-corrected chi connectivity index (χ2v) is 6.24. The monoisotopic (exact) mass is 360 g/mol. The first-order chi connectivity index (χ1) is 11.9. The Balaban J connectivity index is 2.30. The topological polar surface area (TPSA) is 104 Å². The molecule has 0 fully saturated rings. The molecule has 3 N–H and O–H groups in total. The highest BCUT2D eigenvalue weighted by atomic mass is 32.2. The van der Waals surface area contributed by atoms with Gasteiger partial charge in [-0.15, -0.1) is 0 Å². The minimum atomic E-state index is -0.469. The van der Waals surface area contributed by atoms with E-state index in [2.05, 4.69) is 20.6 Å². The van der Waals surface area contributed by atoms with Gasteiger partial charge in [0, 0.05) is 24.4 Å². The van der Waals surface area contributed by atoms with E-state index in [1.807, 2.05) is 19.2 Å². The van der Waals surface area contributed by atoms with Crippen molar-refractivity contribution in [1.29, 1.82) is 0 Å². The molecule has 0 unspecified atom stereocenters. The summed E-state index contributed by atoms with van der Waals surface area (Å²) in [5.41, 5.74) is 1.76. The Morgan fingerprint density at radius 3 is 2.64 bits per heavy atom. The normalized spacial score (nSPS) is 10.4. The summed E-state index contributed by atoms with van der Waals surface area (Å²) < 4.78 is 0. The van der Waals surface area contributed by atoms with Crippen LogP contribution < -0.4 is 16.2 Å². The average Bonchev–Trinajstić information content (AvgIpc) is 2.54. The molecule has 2 amide bonds. The summed E-state index contributed by atoms with van der Waals surface area (Å²) in [7, 11) is 0. The maximum absolute atomic E-state index is 12.5. The van der Waals surface area contributed by atoms with Crippen molar-refractivity contribution in [2.45, 2.75) is 26.0 Å². The summed E-state index contributed by atoms with van der Waals surface area (Å²) in [4.78, 5) is 42.2. The van der Waals surface area contributed by atoms with Gasteiger partial charge in [0.25, 0.3) is 11.5 Å². The zero-order valence-electron chi connectivity index (χ0n) is 14.3. The van der Waals surface area contributed by atoms with Crippen LogP contribution in [0.15, 0.2) is 29.1 Å². The van der Waals surface area contributed by atoms with Gasteiger partial charge in [0.15, 0.2) is 0 Å². The van der Waals surface area contributed by atoms with E-state index in [9.17, 15) is 14.4 Å². The van der Waals surface area contributed by atoms with E-state index >= 15 is 0 Å². The molecule has 1 heterocycles. The Labute approximate surface area is 149 Å². The second kappa shape index (κ2) is 8.48. The van der Waals surface area contributed by atoms with Gasteiger partial charge in [-0.3, -0.25) is 14.4 Å². The van der Waals surface area contributed by atoms with E-state index in [4.69, 9.17) is 0 Å². The van der Waals surface area contributed by atoms with Crippen LogP contribution in [-0.4, -0.2) is 28.0 Å². The zero-order chi connectivity index (χ0) is 18.4. The first kappa shape index (κ1) is 18.7. The Morgan fingerprint density at radius 1 is 1.24 bits per heavy atom. The number of amides is 2. The number of anilines is 2. The van der Waals surface area contributed by atoms with E-state index in [-0.39, 0.29) is 17.2 Å². The number of rotatable bonds is 6. The molecule has 0 bridgehead atoms. The Hall–Kier alpha value is -2.61. The fourth-order valence-electron chi connectivity index (χ4n) is 2.30. The largest absolute Gasteiger partial charge is 0.326 e. The van der Waals surface area contributed by atoms with E-state index in [0.29, 0.717) is 29.4 Å². The number of nitrogens with zero attached hydrogens (tertiary/aromatic N) is 1. The average molecular weight is 360 g/mol. The van der Waals surface area contributed by atoms with Crippen LogP contribution in [-0.2, 0) is 17.0 Å². The SMILES string of the molecule is CCc1ccc(NC(C)=O)cc1NC(=O)c1cc(=O)[nH]c(CSC)n1. The van der Waals surface area contributed by atoms with E-state index in [0.717, 1.165) is 5.56 Å². The number of benzene rings is 1. The van der Waals surface area contributed by atoms with Crippen LogP contribution in [0.3, 0.4) is 0 Å². The van der Waals surface area contributed by atoms with Gasteiger partial charge in [0.05, 0.1) is 5.75 Å². The van der Waals surface area contributed by atoms with Crippen LogP contribution in [0.5, 0.6) is 0 Å².